The highest BCUT2D eigenvalue weighted by Gasteiger charge is 2.29. The Bertz CT molecular complexity index is 769. The fourth-order valence-corrected chi connectivity index (χ4v) is 6.13. The summed E-state index contributed by atoms with van der Waals surface area (Å²) < 4.78 is 0. The highest BCUT2D eigenvalue weighted by atomic mass is 32.2. The van der Waals surface area contributed by atoms with Crippen LogP contribution in [-0.2, 0) is 6.42 Å². The molecule has 0 N–H and O–H groups in total. The van der Waals surface area contributed by atoms with E-state index in [2.05, 4.69) is 66.2 Å². The van der Waals surface area contributed by atoms with Gasteiger partial charge in [0.2, 0.25) is 0 Å². The van der Waals surface area contributed by atoms with E-state index in [1.807, 2.05) is 23.5 Å². The van der Waals surface area contributed by atoms with Gasteiger partial charge in [-0.15, -0.1) is 11.8 Å². The third kappa shape index (κ3) is 4.56. The average molecular weight is 399 g/mol. The van der Waals surface area contributed by atoms with Crippen molar-refractivity contribution in [3.63, 3.8) is 0 Å². The van der Waals surface area contributed by atoms with E-state index in [4.69, 9.17) is 0 Å². The Morgan fingerprint density at radius 1 is 1.04 bits per heavy atom. The normalized spacial score (nSPS) is 20.7. The molecule has 0 amide bonds. The van der Waals surface area contributed by atoms with Gasteiger partial charge in [0, 0.05) is 46.9 Å². The van der Waals surface area contributed by atoms with E-state index in [0.29, 0.717) is 6.04 Å². The van der Waals surface area contributed by atoms with Gasteiger partial charge in [-0.05, 0) is 61.0 Å². The number of piperazine rings is 1. The van der Waals surface area contributed by atoms with Crippen molar-refractivity contribution >= 4 is 23.5 Å². The van der Waals surface area contributed by atoms with Crippen LogP contribution in [0.3, 0.4) is 0 Å². The van der Waals surface area contributed by atoms with Gasteiger partial charge in [0.1, 0.15) is 0 Å². The Morgan fingerprint density at radius 2 is 1.85 bits per heavy atom. The van der Waals surface area contributed by atoms with Crippen LogP contribution >= 0.6 is 23.5 Å². The molecule has 1 atom stereocenters. The van der Waals surface area contributed by atoms with E-state index < -0.39 is 0 Å². The third-order valence-electron chi connectivity index (χ3n) is 5.69. The minimum atomic E-state index is 0.497. The van der Waals surface area contributed by atoms with E-state index in [1.165, 1.54) is 65.0 Å². The standard InChI is InChI=1S/C23H30N2S2/c1-3-4-15-26-19-9-10-23-20(17-19)21(25-13-11-24(2)12-14-25)16-18-7-5-6-8-22(18)27-23/h5-10,17,21H,3-4,11-16H2,1-2H3. The molecule has 4 heteroatoms. The Morgan fingerprint density at radius 3 is 2.67 bits per heavy atom. The van der Waals surface area contributed by atoms with Crippen LogP contribution in [0.5, 0.6) is 0 Å². The predicted octanol–water partition coefficient (Wildman–Crippen LogP) is 5.57. The van der Waals surface area contributed by atoms with Gasteiger partial charge in [-0.3, -0.25) is 4.90 Å². The molecule has 2 heterocycles. The molecule has 0 bridgehead atoms. The minimum Gasteiger partial charge on any atom is -0.304 e. The number of benzene rings is 2. The number of rotatable bonds is 5. The lowest BCUT2D eigenvalue weighted by Crippen LogP contribution is -2.46. The van der Waals surface area contributed by atoms with Crippen LogP contribution < -0.4 is 0 Å². The molecule has 144 valence electrons. The molecule has 2 aromatic carbocycles. The summed E-state index contributed by atoms with van der Waals surface area (Å²) in [6, 6.07) is 16.7. The van der Waals surface area contributed by atoms with Crippen molar-refractivity contribution in [3.8, 4) is 0 Å². The third-order valence-corrected chi connectivity index (χ3v) is 7.98. The molecule has 27 heavy (non-hydrogen) atoms. The molecule has 0 saturated carbocycles. The fraction of sp³-hybridized carbons (Fsp3) is 0.478. The quantitative estimate of drug-likeness (QED) is 0.479. The highest BCUT2D eigenvalue weighted by Crippen LogP contribution is 2.44. The van der Waals surface area contributed by atoms with Crippen molar-refractivity contribution in [3.05, 3.63) is 53.6 Å². The lowest BCUT2D eigenvalue weighted by Gasteiger charge is -2.38. The number of fused-ring (bicyclic) bond motifs is 2. The van der Waals surface area contributed by atoms with Crippen LogP contribution in [0.4, 0.5) is 0 Å². The van der Waals surface area contributed by atoms with Crippen molar-refractivity contribution < 1.29 is 0 Å². The lowest BCUT2D eigenvalue weighted by atomic mass is 9.96. The molecule has 1 unspecified atom stereocenters. The molecule has 2 aliphatic rings. The molecule has 0 aromatic heterocycles. The van der Waals surface area contributed by atoms with Crippen LogP contribution in [0.1, 0.15) is 36.9 Å². The molecule has 0 aliphatic carbocycles. The number of unbranched alkanes of at least 4 members (excludes halogenated alkanes) is 1. The van der Waals surface area contributed by atoms with Crippen molar-refractivity contribution in [2.24, 2.45) is 0 Å². The Hall–Kier alpha value is -0.940. The van der Waals surface area contributed by atoms with Crippen LogP contribution in [0, 0.1) is 0 Å². The number of hydrogen-bond donors (Lipinski definition) is 0. The van der Waals surface area contributed by atoms with Crippen LogP contribution in [0.25, 0.3) is 0 Å². The summed E-state index contributed by atoms with van der Waals surface area (Å²) in [7, 11) is 2.24. The van der Waals surface area contributed by atoms with Crippen molar-refractivity contribution in [1.82, 2.24) is 9.80 Å². The van der Waals surface area contributed by atoms with Crippen molar-refractivity contribution in [1.29, 1.82) is 0 Å². The van der Waals surface area contributed by atoms with E-state index in [1.54, 1.807) is 5.56 Å². The lowest BCUT2D eigenvalue weighted by molar-refractivity contribution is 0.109. The average Bonchev–Trinajstić information content (AvgIpc) is 2.85. The van der Waals surface area contributed by atoms with E-state index >= 15 is 0 Å². The maximum Gasteiger partial charge on any atom is 0.0401 e. The van der Waals surface area contributed by atoms with Crippen LogP contribution in [0.15, 0.2) is 57.2 Å². The van der Waals surface area contributed by atoms with Gasteiger partial charge in [0.15, 0.2) is 0 Å². The predicted molar refractivity (Wildman–Crippen MR) is 118 cm³/mol. The zero-order valence-electron chi connectivity index (χ0n) is 16.5. The van der Waals surface area contributed by atoms with Crippen molar-refractivity contribution in [2.75, 3.05) is 39.0 Å². The second kappa shape index (κ2) is 9.04. The smallest absolute Gasteiger partial charge is 0.0401 e. The number of hydrogen-bond acceptors (Lipinski definition) is 4. The summed E-state index contributed by atoms with van der Waals surface area (Å²) in [6.07, 6.45) is 3.69. The fourth-order valence-electron chi connectivity index (χ4n) is 3.97. The Balaban J connectivity index is 1.67. The maximum atomic E-state index is 2.72. The van der Waals surface area contributed by atoms with E-state index in [-0.39, 0.29) is 0 Å². The van der Waals surface area contributed by atoms with Crippen LogP contribution in [0.2, 0.25) is 0 Å². The summed E-state index contributed by atoms with van der Waals surface area (Å²) >= 11 is 3.98. The van der Waals surface area contributed by atoms with Gasteiger partial charge >= 0.3 is 0 Å². The molecule has 4 rings (SSSR count). The molecule has 2 nitrogen and oxygen atoms in total. The molecular weight excluding hydrogens is 368 g/mol. The van der Waals surface area contributed by atoms with Gasteiger partial charge in [0.25, 0.3) is 0 Å². The summed E-state index contributed by atoms with van der Waals surface area (Å²) in [5, 5.41) is 0. The number of nitrogens with zero attached hydrogens (tertiary/aromatic N) is 2. The second-order valence-corrected chi connectivity index (χ2v) is 9.92. The van der Waals surface area contributed by atoms with Gasteiger partial charge in [-0.25, -0.2) is 0 Å². The van der Waals surface area contributed by atoms with Gasteiger partial charge < -0.3 is 4.90 Å². The van der Waals surface area contributed by atoms with Gasteiger partial charge in [0.05, 0.1) is 0 Å². The SMILES string of the molecule is CCCCSc1ccc2c(c1)C(N1CCN(C)CC1)Cc1ccccc1S2. The Kier molecular flexibility index (Phi) is 6.49. The largest absolute Gasteiger partial charge is 0.304 e. The van der Waals surface area contributed by atoms with E-state index in [0.717, 1.165) is 6.42 Å². The first-order valence-corrected chi connectivity index (χ1v) is 12.0. The Labute approximate surface area is 172 Å². The molecule has 0 radical (unpaired) electrons. The zero-order chi connectivity index (χ0) is 18.6. The van der Waals surface area contributed by atoms with Crippen molar-refractivity contribution in [2.45, 2.75) is 46.9 Å². The second-order valence-electron chi connectivity index (χ2n) is 7.67. The minimum absolute atomic E-state index is 0.497. The molecule has 0 spiro atoms. The first-order valence-electron chi connectivity index (χ1n) is 10.2. The molecule has 2 aromatic rings. The molecule has 2 aliphatic heterocycles. The molecule has 1 saturated heterocycles. The zero-order valence-corrected chi connectivity index (χ0v) is 18.1. The van der Waals surface area contributed by atoms with Gasteiger partial charge in [-0.1, -0.05) is 43.3 Å². The van der Waals surface area contributed by atoms with Crippen LogP contribution in [-0.4, -0.2) is 48.8 Å². The van der Waals surface area contributed by atoms with E-state index in [9.17, 15) is 0 Å². The summed E-state index contributed by atoms with van der Waals surface area (Å²) in [4.78, 5) is 9.49. The molecule has 1 fully saturated rings. The topological polar surface area (TPSA) is 6.48 Å². The highest BCUT2D eigenvalue weighted by molar-refractivity contribution is 7.99. The number of thioether (sulfide) groups is 1. The first kappa shape index (κ1) is 19.4. The summed E-state index contributed by atoms with van der Waals surface area (Å²) in [5.74, 6) is 1.22. The number of likely N-dealkylation sites (N-methyl/N-ethyl adjacent to an activating group) is 1. The van der Waals surface area contributed by atoms with Gasteiger partial charge in [-0.2, -0.15) is 0 Å². The maximum absolute atomic E-state index is 2.72. The summed E-state index contributed by atoms with van der Waals surface area (Å²) in [6.45, 7) is 6.95. The first-order chi connectivity index (χ1) is 13.2. The monoisotopic (exact) mass is 398 g/mol. The summed E-state index contributed by atoms with van der Waals surface area (Å²) in [5.41, 5.74) is 3.05. The molecular formula is C23H30N2S2.